The van der Waals surface area contributed by atoms with Crippen molar-refractivity contribution in [2.24, 2.45) is 0 Å². The van der Waals surface area contributed by atoms with Crippen LogP contribution < -0.4 is 16.2 Å². The Morgan fingerprint density at radius 2 is 1.75 bits per heavy atom. The van der Waals surface area contributed by atoms with Crippen LogP contribution in [0, 0.1) is 6.92 Å². The van der Waals surface area contributed by atoms with E-state index in [0.29, 0.717) is 22.5 Å². The van der Waals surface area contributed by atoms with Gasteiger partial charge in [-0.2, -0.15) is 0 Å². The van der Waals surface area contributed by atoms with Gasteiger partial charge in [0, 0.05) is 22.5 Å². The number of H-pyrrole nitrogens is 1. The van der Waals surface area contributed by atoms with Crippen molar-refractivity contribution in [2.75, 3.05) is 17.2 Å². The first-order valence-electron chi connectivity index (χ1n) is 8.92. The fraction of sp³-hybridized carbons (Fsp3) is 0.190. The second-order valence-electron chi connectivity index (χ2n) is 6.26. The number of hydrogen-bond acceptors (Lipinski definition) is 4. The fourth-order valence-electron chi connectivity index (χ4n) is 2.87. The molecule has 1 heterocycles. The summed E-state index contributed by atoms with van der Waals surface area (Å²) in [5.74, 6) is -0.322. The van der Waals surface area contributed by atoms with Gasteiger partial charge in [0.25, 0.3) is 5.56 Å². The summed E-state index contributed by atoms with van der Waals surface area (Å²) in [6, 6.07) is 14.3. The maximum absolute atomic E-state index is 12.5. The number of fused-ring (bicyclic) bond motifs is 1. The van der Waals surface area contributed by atoms with Gasteiger partial charge in [-0.1, -0.05) is 24.3 Å². The van der Waals surface area contributed by atoms with Crippen LogP contribution in [0.15, 0.2) is 53.3 Å². The summed E-state index contributed by atoms with van der Waals surface area (Å²) in [6.07, 6.45) is -0.619. The van der Waals surface area contributed by atoms with E-state index >= 15 is 0 Å². The zero-order valence-electron chi connectivity index (χ0n) is 15.7. The third-order valence-electron chi connectivity index (χ3n) is 4.30. The number of amides is 2. The van der Waals surface area contributed by atoms with Crippen LogP contribution >= 0.6 is 0 Å². The Hall–Kier alpha value is -3.61. The largest absolute Gasteiger partial charge is 0.450 e. The minimum atomic E-state index is -0.559. The van der Waals surface area contributed by atoms with Gasteiger partial charge in [-0.3, -0.25) is 14.9 Å². The van der Waals surface area contributed by atoms with E-state index in [1.807, 2.05) is 24.3 Å². The summed E-state index contributed by atoms with van der Waals surface area (Å²) < 4.78 is 4.87. The summed E-state index contributed by atoms with van der Waals surface area (Å²) in [5.41, 5.74) is 2.61. The highest BCUT2D eigenvalue weighted by atomic mass is 16.5. The molecule has 0 spiro atoms. The van der Waals surface area contributed by atoms with E-state index in [1.165, 1.54) is 0 Å². The second-order valence-corrected chi connectivity index (χ2v) is 6.26. The molecule has 0 aliphatic heterocycles. The molecule has 0 fully saturated rings. The van der Waals surface area contributed by atoms with Crippen molar-refractivity contribution in [3.8, 4) is 0 Å². The lowest BCUT2D eigenvalue weighted by atomic mass is 10.1. The second kappa shape index (κ2) is 8.39. The van der Waals surface area contributed by atoms with Gasteiger partial charge in [-0.05, 0) is 49.1 Å². The molecule has 3 aromatic rings. The minimum absolute atomic E-state index is 0.0604. The van der Waals surface area contributed by atoms with E-state index in [0.717, 1.165) is 10.9 Å². The van der Waals surface area contributed by atoms with Crippen LogP contribution in [-0.4, -0.2) is 23.6 Å². The van der Waals surface area contributed by atoms with E-state index in [-0.39, 0.29) is 24.5 Å². The lowest BCUT2D eigenvalue weighted by Gasteiger charge is -2.13. The Bertz CT molecular complexity index is 1090. The molecule has 7 nitrogen and oxygen atoms in total. The van der Waals surface area contributed by atoms with E-state index in [1.54, 1.807) is 38.1 Å². The van der Waals surface area contributed by atoms with Crippen molar-refractivity contribution < 1.29 is 14.3 Å². The number of nitrogens with one attached hydrogen (secondary N) is 3. The van der Waals surface area contributed by atoms with Crippen molar-refractivity contribution >= 4 is 34.3 Å². The monoisotopic (exact) mass is 379 g/mol. The Balaban J connectivity index is 1.76. The van der Waals surface area contributed by atoms with Crippen LogP contribution in [-0.2, 0) is 16.0 Å². The third kappa shape index (κ3) is 4.37. The number of ether oxygens (including phenoxy) is 1. The summed E-state index contributed by atoms with van der Waals surface area (Å²) in [4.78, 5) is 39.1. The molecule has 28 heavy (non-hydrogen) atoms. The van der Waals surface area contributed by atoms with Gasteiger partial charge in [0.2, 0.25) is 5.91 Å². The zero-order chi connectivity index (χ0) is 20.1. The van der Waals surface area contributed by atoms with Crippen molar-refractivity contribution in [3.05, 3.63) is 70.0 Å². The topological polar surface area (TPSA) is 100 Å². The van der Waals surface area contributed by atoms with Gasteiger partial charge in [-0.15, -0.1) is 0 Å². The molecule has 0 unspecified atom stereocenters. The van der Waals surface area contributed by atoms with Crippen molar-refractivity contribution in [2.45, 2.75) is 20.3 Å². The van der Waals surface area contributed by atoms with E-state index < -0.39 is 6.09 Å². The minimum Gasteiger partial charge on any atom is -0.450 e. The molecular weight excluding hydrogens is 358 g/mol. The quantitative estimate of drug-likeness (QED) is 0.631. The summed E-state index contributed by atoms with van der Waals surface area (Å²) in [7, 11) is 0. The normalized spacial score (nSPS) is 10.5. The molecule has 7 heteroatoms. The van der Waals surface area contributed by atoms with E-state index in [9.17, 15) is 14.4 Å². The molecule has 2 amide bonds. The highest BCUT2D eigenvalue weighted by molar-refractivity contribution is 5.95. The molecule has 0 radical (unpaired) electrons. The number of pyridine rings is 1. The third-order valence-corrected chi connectivity index (χ3v) is 4.30. The number of carbonyl (C=O) groups excluding carboxylic acids is 2. The molecule has 144 valence electrons. The van der Waals surface area contributed by atoms with Gasteiger partial charge in [0.15, 0.2) is 0 Å². The van der Waals surface area contributed by atoms with Gasteiger partial charge < -0.3 is 15.0 Å². The van der Waals surface area contributed by atoms with Gasteiger partial charge >= 0.3 is 6.09 Å². The molecule has 2 aromatic carbocycles. The Kier molecular flexibility index (Phi) is 5.74. The predicted molar refractivity (Wildman–Crippen MR) is 109 cm³/mol. The van der Waals surface area contributed by atoms with Crippen LogP contribution in [0.4, 0.5) is 16.2 Å². The fourth-order valence-corrected chi connectivity index (χ4v) is 2.87. The van der Waals surface area contributed by atoms with Crippen LogP contribution in [0.25, 0.3) is 10.9 Å². The summed E-state index contributed by atoms with van der Waals surface area (Å²) in [6.45, 7) is 3.76. The summed E-state index contributed by atoms with van der Waals surface area (Å²) >= 11 is 0. The highest BCUT2D eigenvalue weighted by Crippen LogP contribution is 2.23. The smallest absolute Gasteiger partial charge is 0.411 e. The molecule has 3 rings (SSSR count). The first-order valence-corrected chi connectivity index (χ1v) is 8.92. The van der Waals surface area contributed by atoms with Crippen LogP contribution in [0.5, 0.6) is 0 Å². The number of carbonyl (C=O) groups is 2. The number of aromatic amines is 1. The Labute approximate surface area is 161 Å². The number of rotatable bonds is 5. The van der Waals surface area contributed by atoms with Crippen LogP contribution in [0.3, 0.4) is 0 Å². The molecule has 3 N–H and O–H groups in total. The highest BCUT2D eigenvalue weighted by Gasteiger charge is 2.12. The lowest BCUT2D eigenvalue weighted by molar-refractivity contribution is -0.115. The number of anilines is 2. The predicted octanol–water partition coefficient (Wildman–Crippen LogP) is 3.59. The molecule has 0 aliphatic rings. The van der Waals surface area contributed by atoms with Crippen LogP contribution in [0.2, 0.25) is 0 Å². The van der Waals surface area contributed by atoms with Gasteiger partial charge in [-0.25, -0.2) is 4.79 Å². The van der Waals surface area contributed by atoms with E-state index in [4.69, 9.17) is 4.74 Å². The average molecular weight is 379 g/mol. The van der Waals surface area contributed by atoms with Crippen molar-refractivity contribution in [1.82, 2.24) is 4.98 Å². The molecule has 0 saturated carbocycles. The number of benzene rings is 2. The molecule has 1 aromatic heterocycles. The maximum atomic E-state index is 12.5. The lowest BCUT2D eigenvalue weighted by Crippen LogP contribution is -2.21. The SMILES string of the molecule is CCOC(=O)Nc1cccc(NC(=O)Cc2cc3ccccc3[nH]c2=O)c1C. The van der Waals surface area contributed by atoms with E-state index in [2.05, 4.69) is 15.6 Å². The van der Waals surface area contributed by atoms with Crippen molar-refractivity contribution in [1.29, 1.82) is 0 Å². The number of para-hydroxylation sites is 1. The summed E-state index contributed by atoms with van der Waals surface area (Å²) in [5, 5.41) is 6.29. The maximum Gasteiger partial charge on any atom is 0.411 e. The first kappa shape index (κ1) is 19.2. The van der Waals surface area contributed by atoms with Gasteiger partial charge in [0.05, 0.1) is 13.0 Å². The molecule has 0 aliphatic carbocycles. The number of hydrogen-bond donors (Lipinski definition) is 3. The number of aromatic nitrogens is 1. The average Bonchev–Trinajstić information content (AvgIpc) is 2.66. The molecule has 0 atom stereocenters. The zero-order valence-corrected chi connectivity index (χ0v) is 15.7. The van der Waals surface area contributed by atoms with Crippen LogP contribution in [0.1, 0.15) is 18.1 Å². The molecular formula is C21H21N3O4. The molecule has 0 saturated heterocycles. The standard InChI is InChI=1S/C21H21N3O4/c1-3-28-21(27)24-17-10-6-9-16(13(17)2)22-19(25)12-15-11-14-7-4-5-8-18(14)23-20(15)26/h4-11H,3,12H2,1-2H3,(H,22,25)(H,23,26)(H,24,27). The Morgan fingerprint density at radius 1 is 1.04 bits per heavy atom. The Morgan fingerprint density at radius 3 is 2.50 bits per heavy atom. The van der Waals surface area contributed by atoms with Gasteiger partial charge in [0.1, 0.15) is 0 Å². The van der Waals surface area contributed by atoms with Crippen molar-refractivity contribution in [3.63, 3.8) is 0 Å². The first-order chi connectivity index (χ1) is 13.5. The molecule has 0 bridgehead atoms.